The Morgan fingerprint density at radius 3 is 2.34 bits per heavy atom. The first-order chi connectivity index (χ1) is 16.7. The van der Waals surface area contributed by atoms with Crippen LogP contribution in [0, 0.1) is 6.92 Å². The number of carbonyl (C=O) groups excluding carboxylic acids is 1. The van der Waals surface area contributed by atoms with Crippen molar-refractivity contribution in [3.05, 3.63) is 99.9 Å². The van der Waals surface area contributed by atoms with Gasteiger partial charge >= 0.3 is 6.18 Å². The zero-order valence-corrected chi connectivity index (χ0v) is 18.5. The number of alkyl halides is 3. The maximum absolute atomic E-state index is 13.7. The molecule has 0 saturated heterocycles. The summed E-state index contributed by atoms with van der Waals surface area (Å²) in [6.07, 6.45) is -4.98. The van der Waals surface area contributed by atoms with E-state index in [1.165, 1.54) is 24.3 Å². The van der Waals surface area contributed by atoms with Crippen LogP contribution in [-0.2, 0) is 17.5 Å². The van der Waals surface area contributed by atoms with Gasteiger partial charge in [0, 0.05) is 12.6 Å². The molecule has 0 unspecified atom stereocenters. The normalized spacial score (nSPS) is 11.3. The van der Waals surface area contributed by atoms with Crippen LogP contribution in [0.5, 0.6) is 17.2 Å². The van der Waals surface area contributed by atoms with Gasteiger partial charge in [0.2, 0.25) is 11.2 Å². The molecule has 0 saturated carbocycles. The Bertz CT molecular complexity index is 1400. The van der Waals surface area contributed by atoms with E-state index < -0.39 is 29.0 Å². The molecule has 1 amide bonds. The molecule has 9 heteroatoms. The van der Waals surface area contributed by atoms with Crippen molar-refractivity contribution < 1.29 is 31.9 Å². The largest absolute Gasteiger partial charge is 0.484 e. The van der Waals surface area contributed by atoms with Gasteiger partial charge in [-0.2, -0.15) is 13.2 Å². The van der Waals surface area contributed by atoms with Gasteiger partial charge in [-0.15, -0.1) is 0 Å². The Hall–Kier alpha value is -4.27. The number of aryl methyl sites for hydroxylation is 1. The lowest BCUT2D eigenvalue weighted by atomic mass is 10.2. The summed E-state index contributed by atoms with van der Waals surface area (Å²) in [4.78, 5) is 24.9. The highest BCUT2D eigenvalue weighted by molar-refractivity contribution is 5.80. The van der Waals surface area contributed by atoms with E-state index in [1.54, 1.807) is 12.1 Å². The predicted molar refractivity (Wildman–Crippen MR) is 123 cm³/mol. The molecule has 6 nitrogen and oxygen atoms in total. The lowest BCUT2D eigenvalue weighted by Crippen LogP contribution is -2.28. The van der Waals surface area contributed by atoms with Crippen molar-refractivity contribution >= 4 is 16.9 Å². The highest BCUT2D eigenvalue weighted by Crippen LogP contribution is 2.38. The zero-order valence-electron chi connectivity index (χ0n) is 18.5. The van der Waals surface area contributed by atoms with Crippen LogP contribution in [0.15, 0.2) is 82.0 Å². The van der Waals surface area contributed by atoms with E-state index in [0.29, 0.717) is 6.54 Å². The summed E-state index contributed by atoms with van der Waals surface area (Å²) in [6.45, 7) is 1.74. The first-order valence-electron chi connectivity index (χ1n) is 10.6. The van der Waals surface area contributed by atoms with Crippen molar-refractivity contribution in [1.82, 2.24) is 5.32 Å². The second-order valence-corrected chi connectivity index (χ2v) is 7.71. The molecule has 1 heterocycles. The van der Waals surface area contributed by atoms with E-state index in [9.17, 15) is 22.8 Å². The summed E-state index contributed by atoms with van der Waals surface area (Å²) in [5, 5.41) is 2.55. The third kappa shape index (κ3) is 5.81. The minimum absolute atomic E-state index is 0.0641. The molecule has 0 spiro atoms. The van der Waals surface area contributed by atoms with Crippen LogP contribution in [0.2, 0.25) is 0 Å². The molecule has 0 radical (unpaired) electrons. The minimum Gasteiger partial charge on any atom is -0.484 e. The number of hydrogen-bond donors (Lipinski definition) is 1. The van der Waals surface area contributed by atoms with Crippen LogP contribution in [0.1, 0.15) is 16.9 Å². The highest BCUT2D eigenvalue weighted by atomic mass is 19.4. The first kappa shape index (κ1) is 23.9. The molecule has 35 heavy (non-hydrogen) atoms. The fraction of sp³-hybridized carbons (Fsp3) is 0.154. The van der Waals surface area contributed by atoms with E-state index in [2.05, 4.69) is 5.32 Å². The summed E-state index contributed by atoms with van der Waals surface area (Å²) in [6, 6.07) is 19.2. The van der Waals surface area contributed by atoms with Gasteiger partial charge < -0.3 is 19.2 Å². The van der Waals surface area contributed by atoms with E-state index in [1.807, 2.05) is 37.3 Å². The van der Waals surface area contributed by atoms with Crippen molar-refractivity contribution in [2.75, 3.05) is 6.61 Å². The highest BCUT2D eigenvalue weighted by Gasteiger charge is 2.40. The monoisotopic (exact) mass is 483 g/mol. The Balaban J connectivity index is 1.56. The first-order valence-corrected chi connectivity index (χ1v) is 10.6. The Labute approximate surface area is 197 Å². The number of benzene rings is 3. The fourth-order valence-electron chi connectivity index (χ4n) is 3.25. The molecule has 1 N–H and O–H groups in total. The second kappa shape index (κ2) is 9.92. The molecular formula is C26H20F3NO5. The maximum atomic E-state index is 13.7. The molecule has 0 bridgehead atoms. The van der Waals surface area contributed by atoms with Crippen molar-refractivity contribution in [3.63, 3.8) is 0 Å². The van der Waals surface area contributed by atoms with Crippen molar-refractivity contribution in [2.24, 2.45) is 0 Å². The smallest absolute Gasteiger partial charge is 0.453 e. The van der Waals surface area contributed by atoms with E-state index >= 15 is 0 Å². The van der Waals surface area contributed by atoms with Gasteiger partial charge in [-0.25, -0.2) is 0 Å². The molecule has 4 aromatic rings. The number of carbonyl (C=O) groups is 1. The van der Waals surface area contributed by atoms with Crippen molar-refractivity contribution in [2.45, 2.75) is 19.6 Å². The Kier molecular flexibility index (Phi) is 6.77. The topological polar surface area (TPSA) is 77.8 Å². The molecular weight excluding hydrogens is 463 g/mol. The van der Waals surface area contributed by atoms with Gasteiger partial charge in [-0.3, -0.25) is 9.59 Å². The number of halogens is 3. The van der Waals surface area contributed by atoms with E-state index in [-0.39, 0.29) is 29.1 Å². The van der Waals surface area contributed by atoms with Crippen LogP contribution in [-0.4, -0.2) is 12.5 Å². The van der Waals surface area contributed by atoms with Gasteiger partial charge in [0.25, 0.3) is 11.7 Å². The minimum atomic E-state index is -4.98. The SMILES string of the molecule is Cc1ccc(Oc2c(C(F)(F)F)oc3cc(OCC(=O)NCc4ccccc4)ccc3c2=O)cc1. The van der Waals surface area contributed by atoms with E-state index in [4.69, 9.17) is 13.9 Å². The maximum Gasteiger partial charge on any atom is 0.453 e. The molecule has 0 atom stereocenters. The lowest BCUT2D eigenvalue weighted by Gasteiger charge is -2.14. The molecule has 0 aliphatic carbocycles. The van der Waals surface area contributed by atoms with Gasteiger partial charge in [-0.05, 0) is 36.8 Å². The quantitative estimate of drug-likeness (QED) is 0.370. The van der Waals surface area contributed by atoms with Crippen LogP contribution in [0.25, 0.3) is 11.0 Å². The predicted octanol–water partition coefficient (Wildman–Crippen LogP) is 5.61. The van der Waals surface area contributed by atoms with Crippen LogP contribution in [0.3, 0.4) is 0 Å². The zero-order chi connectivity index (χ0) is 25.0. The number of rotatable bonds is 7. The third-order valence-electron chi connectivity index (χ3n) is 5.02. The number of nitrogens with one attached hydrogen (secondary N) is 1. The second-order valence-electron chi connectivity index (χ2n) is 7.71. The van der Waals surface area contributed by atoms with Gasteiger partial charge in [0.05, 0.1) is 5.39 Å². The average molecular weight is 483 g/mol. The summed E-state index contributed by atoms with van der Waals surface area (Å²) in [5.74, 6) is -2.81. The third-order valence-corrected chi connectivity index (χ3v) is 5.02. The molecule has 0 aliphatic heterocycles. The molecule has 180 valence electrons. The van der Waals surface area contributed by atoms with Crippen LogP contribution >= 0.6 is 0 Å². The van der Waals surface area contributed by atoms with Gasteiger partial charge in [0.1, 0.15) is 17.1 Å². The standard InChI is InChI=1S/C26H20F3NO5/c1-16-7-9-18(10-8-16)34-24-23(32)20-12-11-19(13-21(20)35-25(24)26(27,28)29)33-15-22(31)30-14-17-5-3-2-4-6-17/h2-13H,14-15H2,1H3,(H,30,31). The number of ether oxygens (including phenoxy) is 2. The summed E-state index contributed by atoms with van der Waals surface area (Å²) < 4.78 is 56.8. The fourth-order valence-corrected chi connectivity index (χ4v) is 3.25. The summed E-state index contributed by atoms with van der Waals surface area (Å²) >= 11 is 0. The van der Waals surface area contributed by atoms with Crippen LogP contribution in [0.4, 0.5) is 13.2 Å². The van der Waals surface area contributed by atoms with Gasteiger partial charge in [-0.1, -0.05) is 48.0 Å². The van der Waals surface area contributed by atoms with E-state index in [0.717, 1.165) is 17.2 Å². The van der Waals surface area contributed by atoms with Gasteiger partial charge in [0.15, 0.2) is 6.61 Å². The Morgan fingerprint density at radius 1 is 0.971 bits per heavy atom. The molecule has 0 fully saturated rings. The average Bonchev–Trinajstić information content (AvgIpc) is 2.84. The summed E-state index contributed by atoms with van der Waals surface area (Å²) in [7, 11) is 0. The summed E-state index contributed by atoms with van der Waals surface area (Å²) in [5.41, 5.74) is 0.448. The lowest BCUT2D eigenvalue weighted by molar-refractivity contribution is -0.154. The molecule has 1 aromatic heterocycles. The number of fused-ring (bicyclic) bond motifs is 1. The van der Waals surface area contributed by atoms with Crippen molar-refractivity contribution in [1.29, 1.82) is 0 Å². The van der Waals surface area contributed by atoms with Crippen LogP contribution < -0.4 is 20.2 Å². The number of amides is 1. The number of hydrogen-bond acceptors (Lipinski definition) is 5. The molecule has 3 aromatic carbocycles. The molecule has 4 rings (SSSR count). The Morgan fingerprint density at radius 2 is 1.66 bits per heavy atom. The van der Waals surface area contributed by atoms with Crippen molar-refractivity contribution in [3.8, 4) is 17.2 Å². The molecule has 0 aliphatic rings.